The molecular formula is C74H110O11Si2. The van der Waals surface area contributed by atoms with Crippen LogP contribution in [0, 0.1) is 68.1 Å². The van der Waals surface area contributed by atoms with E-state index >= 15 is 0 Å². The molecule has 2 unspecified atom stereocenters. The average Bonchev–Trinajstić information content (AvgIpc) is 2.29. The van der Waals surface area contributed by atoms with Crippen molar-refractivity contribution in [2.75, 3.05) is 0 Å². The molecule has 2 aromatic rings. The summed E-state index contributed by atoms with van der Waals surface area (Å²) in [5, 5.41) is 20.4. The Hall–Kier alpha value is -5.53. The third kappa shape index (κ3) is 24.1. The number of hydrogen-bond acceptors (Lipinski definition) is 11. The number of cyclic esters (lactones) is 3. The van der Waals surface area contributed by atoms with Crippen molar-refractivity contribution in [3.63, 3.8) is 0 Å². The molecule has 3 fully saturated rings. The first-order chi connectivity index (χ1) is 40.6. The predicted molar refractivity (Wildman–Crippen MR) is 360 cm³/mol. The van der Waals surface area contributed by atoms with Crippen LogP contribution in [0.2, 0.25) is 36.3 Å². The maximum absolute atomic E-state index is 13.2. The van der Waals surface area contributed by atoms with Crippen molar-refractivity contribution < 1.29 is 52.5 Å². The molecule has 8 rings (SSSR count). The zero-order valence-electron chi connectivity index (χ0n) is 56.9. The molecule has 11 nitrogen and oxygen atoms in total. The van der Waals surface area contributed by atoms with Crippen LogP contribution in [-0.4, -0.2) is 81.1 Å². The molecule has 0 aromatic heterocycles. The minimum absolute atomic E-state index is 0.0381. The molecule has 87 heavy (non-hydrogen) atoms. The molecule has 3 heterocycles. The molecule has 0 bridgehead atoms. The number of ether oxygens (including phenoxy) is 3. The summed E-state index contributed by atoms with van der Waals surface area (Å²) in [6.45, 7) is 42.5. The maximum Gasteiger partial charge on any atom is 0.384 e. The molecule has 3 saturated carbocycles. The molecule has 3 aliphatic heterocycles. The van der Waals surface area contributed by atoms with Crippen molar-refractivity contribution in [2.45, 2.75) is 248 Å². The molecule has 480 valence electrons. The molecule has 6 aliphatic rings. The first kappa shape index (κ1) is 73.9. The van der Waals surface area contributed by atoms with Crippen molar-refractivity contribution >= 4 is 40.3 Å². The molecule has 2 N–H and O–H groups in total. The van der Waals surface area contributed by atoms with Gasteiger partial charge in [-0.2, -0.15) is 0 Å². The molecular weight excluding hydrogens is 1120 g/mol. The van der Waals surface area contributed by atoms with Gasteiger partial charge in [0.05, 0.1) is 30.0 Å². The van der Waals surface area contributed by atoms with Gasteiger partial charge in [0.2, 0.25) is 0 Å². The first-order valence-electron chi connectivity index (χ1n) is 32.3. The van der Waals surface area contributed by atoms with Gasteiger partial charge >= 0.3 is 17.9 Å². The Morgan fingerprint density at radius 1 is 0.563 bits per heavy atom. The van der Waals surface area contributed by atoms with Crippen molar-refractivity contribution in [1.29, 1.82) is 0 Å². The highest BCUT2D eigenvalue weighted by molar-refractivity contribution is 6.74. The zero-order valence-corrected chi connectivity index (χ0v) is 58.9. The van der Waals surface area contributed by atoms with E-state index in [-0.39, 0.29) is 75.8 Å². The highest BCUT2D eigenvalue weighted by Gasteiger charge is 2.42. The average molecular weight is 1230 g/mol. The van der Waals surface area contributed by atoms with Crippen molar-refractivity contribution in [2.24, 2.45) is 35.5 Å². The number of fused-ring (bicyclic) bond motifs is 5. The molecule has 0 saturated heterocycles. The lowest BCUT2D eigenvalue weighted by atomic mass is 9.94. The summed E-state index contributed by atoms with van der Waals surface area (Å²) in [7, 11) is -3.87. The fraction of sp³-hybridized carbons (Fsp3) is 0.595. The van der Waals surface area contributed by atoms with Gasteiger partial charge in [0, 0.05) is 31.2 Å². The number of ketones is 1. The van der Waals surface area contributed by atoms with E-state index in [2.05, 4.69) is 181 Å². The lowest BCUT2D eigenvalue weighted by Crippen LogP contribution is -2.44. The van der Waals surface area contributed by atoms with E-state index in [9.17, 15) is 29.4 Å². The lowest BCUT2D eigenvalue weighted by Gasteiger charge is -2.39. The number of esters is 3. The number of allylic oxidation sites excluding steroid dienone is 10. The Morgan fingerprint density at radius 2 is 0.989 bits per heavy atom. The largest absolute Gasteiger partial charge is 0.508 e. The summed E-state index contributed by atoms with van der Waals surface area (Å²) >= 11 is 0. The molecule has 3 aliphatic carbocycles. The number of rotatable bonds is 4. The van der Waals surface area contributed by atoms with Gasteiger partial charge in [-0.1, -0.05) is 173 Å². The van der Waals surface area contributed by atoms with Gasteiger partial charge in [-0.15, -0.1) is 0 Å². The Balaban J connectivity index is 0.000000269. The van der Waals surface area contributed by atoms with Gasteiger partial charge in [0.1, 0.15) is 23.2 Å². The number of carbonyl (C=O) groups excluding carboxylic acids is 4. The first-order valence-corrected chi connectivity index (χ1v) is 38.2. The van der Waals surface area contributed by atoms with Crippen molar-refractivity contribution in [3.05, 3.63) is 130 Å². The number of hydrogen-bond donors (Lipinski definition) is 2. The normalized spacial score (nSPS) is 28.7. The summed E-state index contributed by atoms with van der Waals surface area (Å²) < 4.78 is 30.1. The third-order valence-electron chi connectivity index (χ3n) is 17.5. The summed E-state index contributed by atoms with van der Waals surface area (Å²) in [5.41, 5.74) is 4.54. The smallest absolute Gasteiger partial charge is 0.384 e. The molecule has 2 aromatic carbocycles. The van der Waals surface area contributed by atoms with Crippen LogP contribution in [0.15, 0.2) is 91.1 Å². The standard InChI is InChI=1S/C27H40O3Si.C21H32O3Si.C20H22O5.2C3H8/c1-18-13-19(2)25-23(14-18)17-24(30-31(7,8)27(4,5)6)12-10-9-11-21-16-22(21)15-20(3)29-26(25)28;1-16-14-18-15-17(18)10-7-8-11-19(12-9-13-20(22)23-16)24-25(5,6)21(2,3)4;1-11-7-14-8-13(14)5-3-4-6-15(21)9-16-12(2)17(22)10-18(23)19(16)20(24)25-11;2*1-3-2/h9-14,20-22,24H,15-17H2,1-8H3;7-8,10-11,16-19H,12,14-15H2,1-6H3;3-6,10-11,13-14,22-23H,7-9H2,1-2H3;2*3H2,1-2H3/b11-9-,12-10+;10-7-,11-8+;5-3-,6-4+;;/t20-,21+,22+,24?;16-,17+,18+,19?;11-,13+,14+;;/m111../s1. The summed E-state index contributed by atoms with van der Waals surface area (Å²) in [6.07, 6.45) is 33.4. The van der Waals surface area contributed by atoms with Crippen LogP contribution in [0.4, 0.5) is 0 Å². The highest BCUT2D eigenvalue weighted by atomic mass is 28.4. The van der Waals surface area contributed by atoms with E-state index < -0.39 is 28.6 Å². The van der Waals surface area contributed by atoms with Gasteiger partial charge in [-0.3, -0.25) is 4.79 Å². The lowest BCUT2D eigenvalue weighted by molar-refractivity contribution is -0.141. The van der Waals surface area contributed by atoms with Gasteiger partial charge in [0.25, 0.3) is 0 Å². The summed E-state index contributed by atoms with van der Waals surface area (Å²) in [4.78, 5) is 49.9. The van der Waals surface area contributed by atoms with Crippen molar-refractivity contribution in [3.8, 4) is 23.3 Å². The molecule has 11 atom stereocenters. The second kappa shape index (κ2) is 33.3. The second-order valence-electron chi connectivity index (χ2n) is 28.2. The van der Waals surface area contributed by atoms with E-state index in [0.29, 0.717) is 59.5 Å². The number of phenolic OH excluding ortho intramolecular Hbond substituents is 2. The van der Waals surface area contributed by atoms with E-state index in [4.69, 9.17) is 23.1 Å². The second-order valence-corrected chi connectivity index (χ2v) is 37.7. The summed E-state index contributed by atoms with van der Waals surface area (Å²) in [6, 6.07) is 5.32. The van der Waals surface area contributed by atoms with Crippen LogP contribution in [0.1, 0.15) is 196 Å². The molecule has 0 amide bonds. The van der Waals surface area contributed by atoms with E-state index in [1.807, 2.05) is 33.8 Å². The van der Waals surface area contributed by atoms with Crippen LogP contribution >= 0.6 is 0 Å². The Morgan fingerprint density at radius 3 is 1.47 bits per heavy atom. The van der Waals surface area contributed by atoms with Gasteiger partial charge in [-0.25, -0.2) is 14.4 Å². The number of aryl methyl sites for hydroxylation is 2. The van der Waals surface area contributed by atoms with Gasteiger partial charge < -0.3 is 33.3 Å². The quantitative estimate of drug-likeness (QED) is 0.0988. The van der Waals surface area contributed by atoms with E-state index in [1.54, 1.807) is 13.0 Å². The Kier molecular flexibility index (Phi) is 28.3. The minimum Gasteiger partial charge on any atom is -0.508 e. The molecule has 13 heteroatoms. The maximum atomic E-state index is 13.2. The zero-order chi connectivity index (χ0) is 65.2. The minimum atomic E-state index is -1.97. The number of carbonyl (C=O) groups is 4. The fourth-order valence-corrected chi connectivity index (χ4v) is 13.0. The SMILES string of the molecule is CCC.CCC.C[C@@H]1C[C@H]2C[C@@H]2/C=C\C=C\C(O[Si](C)(C)C(C)(C)C)CC#CC(=O)O1.Cc1c(O)cc(O)c2c1CC(=O)/C=C/C=C\[C@H]1C[C@@H]1C[C@@H](C)OC2=O.Cc1cc(C)c2c(c1)CC(O[Si](C)(C)C(C)(C)C)/C=C/C=C\[C@H]1C[C@@H]1C[C@@H](C)OC2=O. The topological polar surface area (TPSA) is 155 Å². The van der Waals surface area contributed by atoms with Crippen LogP contribution in [0.5, 0.6) is 11.5 Å². The van der Waals surface area contributed by atoms with Crippen molar-refractivity contribution in [1.82, 2.24) is 0 Å². The number of phenols is 2. The van der Waals surface area contributed by atoms with Crippen LogP contribution in [0.3, 0.4) is 0 Å². The monoisotopic (exact) mass is 1230 g/mol. The van der Waals surface area contributed by atoms with Crippen LogP contribution in [-0.2, 0) is 45.5 Å². The highest BCUT2D eigenvalue weighted by Crippen LogP contribution is 2.46. The Labute approximate surface area is 527 Å². The predicted octanol–water partition coefficient (Wildman–Crippen LogP) is 17.8. The number of benzene rings is 2. The Bertz CT molecular complexity index is 2890. The van der Waals surface area contributed by atoms with E-state index in [1.165, 1.54) is 31.8 Å². The summed E-state index contributed by atoms with van der Waals surface area (Å²) in [5.74, 6) is 6.94. The van der Waals surface area contributed by atoms with Crippen LogP contribution in [0.25, 0.3) is 0 Å². The molecule has 0 radical (unpaired) electrons. The van der Waals surface area contributed by atoms with Crippen LogP contribution < -0.4 is 0 Å². The number of aromatic hydroxyl groups is 2. The third-order valence-corrected chi connectivity index (χ3v) is 26.5. The van der Waals surface area contributed by atoms with E-state index in [0.717, 1.165) is 54.0 Å². The van der Waals surface area contributed by atoms with Gasteiger partial charge in [0.15, 0.2) is 22.4 Å². The molecule has 0 spiro atoms. The fourth-order valence-electron chi connectivity index (χ4n) is 10.5. The van der Waals surface area contributed by atoms with Gasteiger partial charge in [-0.05, 0) is 180 Å².